The van der Waals surface area contributed by atoms with E-state index >= 15 is 0 Å². The van der Waals surface area contributed by atoms with Crippen LogP contribution >= 0.6 is 11.8 Å². The fourth-order valence-electron chi connectivity index (χ4n) is 4.20. The molecule has 3 aromatic rings. The van der Waals surface area contributed by atoms with Gasteiger partial charge in [-0.1, -0.05) is 43.0 Å². The van der Waals surface area contributed by atoms with E-state index in [-0.39, 0.29) is 22.1 Å². The van der Waals surface area contributed by atoms with Crippen molar-refractivity contribution in [1.29, 1.82) is 0 Å². The van der Waals surface area contributed by atoms with Crippen molar-refractivity contribution in [2.45, 2.75) is 67.4 Å². The minimum absolute atomic E-state index is 0.0299. The van der Waals surface area contributed by atoms with Crippen molar-refractivity contribution in [3.05, 3.63) is 53.6 Å². The topological polar surface area (TPSA) is 107 Å². The van der Waals surface area contributed by atoms with Gasteiger partial charge < -0.3 is 9.88 Å². The van der Waals surface area contributed by atoms with Crippen LogP contribution in [0.2, 0.25) is 0 Å². The van der Waals surface area contributed by atoms with Gasteiger partial charge in [-0.25, -0.2) is 18.5 Å². The van der Waals surface area contributed by atoms with Gasteiger partial charge in [-0.15, -0.1) is 0 Å². The van der Waals surface area contributed by atoms with Gasteiger partial charge in [-0.3, -0.25) is 4.79 Å². The Hall–Kier alpha value is -2.36. The molecule has 1 aromatic heterocycles. The second-order valence-electron chi connectivity index (χ2n) is 8.15. The first-order valence-corrected chi connectivity index (χ1v) is 13.3. The number of benzene rings is 2. The quantitative estimate of drug-likeness (QED) is 0.509. The summed E-state index contributed by atoms with van der Waals surface area (Å²) in [6.45, 7) is 4.66. The van der Waals surface area contributed by atoms with E-state index in [0.717, 1.165) is 37.7 Å². The second-order valence-corrected chi connectivity index (χ2v) is 11.0. The molecule has 2 unspecified atom stereocenters. The highest BCUT2D eigenvalue weighted by molar-refractivity contribution is 8.00. The minimum Gasteiger partial charge on any atom is -0.348 e. The number of hydrogen-bond acceptors (Lipinski definition) is 5. The van der Waals surface area contributed by atoms with Crippen LogP contribution in [0.3, 0.4) is 0 Å². The van der Waals surface area contributed by atoms with Gasteiger partial charge in [0.25, 0.3) is 0 Å². The summed E-state index contributed by atoms with van der Waals surface area (Å²) >= 11 is 1.39. The maximum atomic E-state index is 13.0. The van der Waals surface area contributed by atoms with E-state index in [1.807, 2.05) is 23.6 Å². The van der Waals surface area contributed by atoms with Crippen molar-refractivity contribution in [1.82, 2.24) is 14.9 Å². The molecule has 4 rings (SSSR count). The Kier molecular flexibility index (Phi) is 6.60. The molecule has 0 saturated heterocycles. The molecule has 0 bridgehead atoms. The highest BCUT2D eigenvalue weighted by Crippen LogP contribution is 2.32. The molecule has 3 N–H and O–H groups in total. The summed E-state index contributed by atoms with van der Waals surface area (Å²) < 4.78 is 25.5. The van der Waals surface area contributed by atoms with E-state index in [4.69, 9.17) is 5.14 Å². The van der Waals surface area contributed by atoms with Crippen LogP contribution in [0.1, 0.15) is 50.3 Å². The lowest BCUT2D eigenvalue weighted by atomic mass is 9.88. The fourth-order valence-corrected chi connectivity index (χ4v) is 5.69. The second kappa shape index (κ2) is 9.25. The van der Waals surface area contributed by atoms with E-state index in [0.29, 0.717) is 10.7 Å². The molecule has 2 atom stereocenters. The Morgan fingerprint density at radius 3 is 2.84 bits per heavy atom. The Labute approximate surface area is 192 Å². The number of thioether (sulfide) groups is 1. The summed E-state index contributed by atoms with van der Waals surface area (Å²) in [4.78, 5) is 17.7. The fraction of sp³-hybridized carbons (Fsp3) is 0.391. The van der Waals surface area contributed by atoms with Crippen LogP contribution in [0.4, 0.5) is 0 Å². The lowest BCUT2D eigenvalue weighted by molar-refractivity contribution is -0.121. The van der Waals surface area contributed by atoms with Crippen LogP contribution < -0.4 is 10.5 Å². The number of nitrogens with zero attached hydrogens (tertiary/aromatic N) is 2. The summed E-state index contributed by atoms with van der Waals surface area (Å²) in [5.41, 5.74) is 3.90. The highest BCUT2D eigenvalue weighted by atomic mass is 32.2. The molecule has 1 heterocycles. The summed E-state index contributed by atoms with van der Waals surface area (Å²) in [5, 5.41) is 8.83. The molecule has 0 radical (unpaired) electrons. The molecule has 2 aromatic carbocycles. The molecule has 170 valence electrons. The predicted octanol–water partition coefficient (Wildman–Crippen LogP) is 3.77. The largest absolute Gasteiger partial charge is 0.348 e. The lowest BCUT2D eigenvalue weighted by Crippen LogP contribution is -2.36. The third kappa shape index (κ3) is 4.69. The van der Waals surface area contributed by atoms with Crippen LogP contribution in [-0.4, -0.2) is 29.1 Å². The zero-order valence-corrected chi connectivity index (χ0v) is 19.9. The van der Waals surface area contributed by atoms with Gasteiger partial charge in [0, 0.05) is 6.54 Å². The van der Waals surface area contributed by atoms with Gasteiger partial charge >= 0.3 is 0 Å². The Balaban J connectivity index is 1.56. The number of carbonyl (C=O) groups excluding carboxylic acids is 1. The maximum absolute atomic E-state index is 13.0. The number of sulfonamides is 1. The number of carbonyl (C=O) groups is 1. The van der Waals surface area contributed by atoms with E-state index in [1.165, 1.54) is 35.0 Å². The van der Waals surface area contributed by atoms with E-state index in [9.17, 15) is 13.2 Å². The van der Waals surface area contributed by atoms with Crippen molar-refractivity contribution in [2.24, 2.45) is 5.14 Å². The van der Waals surface area contributed by atoms with E-state index < -0.39 is 10.0 Å². The number of nitrogens with two attached hydrogens (primary N) is 1. The average molecular weight is 473 g/mol. The normalized spacial score (nSPS) is 17.2. The lowest BCUT2D eigenvalue weighted by Gasteiger charge is -2.27. The van der Waals surface area contributed by atoms with Crippen molar-refractivity contribution < 1.29 is 13.2 Å². The standard InChI is InChI=1S/C23H28N4O3S2/c1-3-13-27-21-12-11-17(32(24,29)30)14-20(21)26-23(27)31-15(2)22(28)25-19-10-6-8-16-7-4-5-9-18(16)19/h4-5,7,9,11-12,14-15,19H,3,6,8,10,13H2,1-2H3,(H,25,28)(H2,24,29,30). The molecule has 0 aliphatic heterocycles. The molecule has 1 aliphatic carbocycles. The molecule has 0 saturated carbocycles. The number of amides is 1. The Morgan fingerprint density at radius 2 is 2.09 bits per heavy atom. The van der Waals surface area contributed by atoms with Crippen LogP contribution in [0.15, 0.2) is 52.5 Å². The molecule has 0 fully saturated rings. The first kappa shape index (κ1) is 22.8. The van der Waals surface area contributed by atoms with Crippen molar-refractivity contribution in [3.8, 4) is 0 Å². The summed E-state index contributed by atoms with van der Waals surface area (Å²) in [6, 6.07) is 13.0. The number of primary sulfonamides is 1. The van der Waals surface area contributed by atoms with E-state index in [2.05, 4.69) is 29.4 Å². The smallest absolute Gasteiger partial charge is 0.238 e. The van der Waals surface area contributed by atoms with E-state index in [1.54, 1.807) is 6.07 Å². The number of fused-ring (bicyclic) bond motifs is 2. The molecular formula is C23H28N4O3S2. The van der Waals surface area contributed by atoms with Crippen LogP contribution in [-0.2, 0) is 27.8 Å². The predicted molar refractivity (Wildman–Crippen MR) is 127 cm³/mol. The molecule has 9 heteroatoms. The van der Waals surface area contributed by atoms with Crippen LogP contribution in [0.5, 0.6) is 0 Å². The van der Waals surface area contributed by atoms with Gasteiger partial charge in [-0.2, -0.15) is 0 Å². The van der Waals surface area contributed by atoms with Crippen LogP contribution in [0, 0.1) is 0 Å². The molecule has 0 spiro atoms. The molecule has 1 aliphatic rings. The highest BCUT2D eigenvalue weighted by Gasteiger charge is 2.25. The van der Waals surface area contributed by atoms with Crippen molar-refractivity contribution in [2.75, 3.05) is 0 Å². The number of rotatable bonds is 7. The maximum Gasteiger partial charge on any atom is 0.238 e. The van der Waals surface area contributed by atoms with Gasteiger partial charge in [0.1, 0.15) is 0 Å². The molecule has 32 heavy (non-hydrogen) atoms. The Morgan fingerprint density at radius 1 is 1.31 bits per heavy atom. The minimum atomic E-state index is -3.81. The first-order chi connectivity index (χ1) is 15.3. The van der Waals surface area contributed by atoms with Gasteiger partial charge in [0.15, 0.2) is 5.16 Å². The summed E-state index contributed by atoms with van der Waals surface area (Å²) in [6.07, 6.45) is 3.93. The third-order valence-electron chi connectivity index (χ3n) is 5.80. The number of aromatic nitrogens is 2. The van der Waals surface area contributed by atoms with Gasteiger partial charge in [-0.05, 0) is 61.9 Å². The third-order valence-corrected chi connectivity index (χ3v) is 7.80. The SMILES string of the molecule is CCCn1c(SC(C)C(=O)NC2CCCc3ccccc32)nc2cc(S(N)(=O)=O)ccc21. The number of aryl methyl sites for hydroxylation is 2. The number of imidazole rings is 1. The summed E-state index contributed by atoms with van der Waals surface area (Å²) in [5.74, 6) is -0.0305. The first-order valence-electron chi connectivity index (χ1n) is 10.9. The zero-order chi connectivity index (χ0) is 22.9. The van der Waals surface area contributed by atoms with Crippen molar-refractivity contribution >= 4 is 38.7 Å². The number of hydrogen-bond donors (Lipinski definition) is 2. The molecule has 7 nitrogen and oxygen atoms in total. The molecular weight excluding hydrogens is 444 g/mol. The summed E-state index contributed by atoms with van der Waals surface area (Å²) in [7, 11) is -3.81. The van der Waals surface area contributed by atoms with Gasteiger partial charge in [0.2, 0.25) is 15.9 Å². The molecule has 1 amide bonds. The Bertz CT molecular complexity index is 1250. The van der Waals surface area contributed by atoms with Gasteiger partial charge in [0.05, 0.1) is 27.2 Å². The zero-order valence-electron chi connectivity index (χ0n) is 18.2. The van der Waals surface area contributed by atoms with Crippen molar-refractivity contribution in [3.63, 3.8) is 0 Å². The number of nitrogens with one attached hydrogen (secondary N) is 1. The average Bonchev–Trinajstić information content (AvgIpc) is 3.10. The monoisotopic (exact) mass is 472 g/mol. The van der Waals surface area contributed by atoms with Crippen LogP contribution in [0.25, 0.3) is 11.0 Å².